The number of para-hydroxylation sites is 1. The van der Waals surface area contributed by atoms with Gasteiger partial charge in [0.15, 0.2) is 18.2 Å². The number of rotatable bonds is 17. The van der Waals surface area contributed by atoms with Gasteiger partial charge in [0.2, 0.25) is 0 Å². The van der Waals surface area contributed by atoms with Crippen LogP contribution >= 0.6 is 0 Å². The molecule has 0 heterocycles. The van der Waals surface area contributed by atoms with Crippen molar-refractivity contribution in [2.24, 2.45) is 5.41 Å². The van der Waals surface area contributed by atoms with Crippen LogP contribution in [0.25, 0.3) is 0 Å². The maximum absolute atomic E-state index is 13.8. The van der Waals surface area contributed by atoms with Crippen LogP contribution in [0.4, 0.5) is 0 Å². The molecule has 0 aliphatic rings. The molecule has 254 valence electrons. The Morgan fingerprint density at radius 1 is 0.932 bits per heavy atom. The largest absolute Gasteiger partial charge is 0.496 e. The van der Waals surface area contributed by atoms with E-state index in [-0.39, 0.29) is 41.5 Å². The minimum absolute atomic E-state index is 0.00560. The Morgan fingerprint density at radius 2 is 1.55 bits per heavy atom. The first-order valence-corrected chi connectivity index (χ1v) is 20.5. The maximum Gasteiger partial charge on any atom is 0.316 e. The lowest BCUT2D eigenvalue weighted by molar-refractivity contribution is -0.162. The summed E-state index contributed by atoms with van der Waals surface area (Å²) in [6.07, 6.45) is 2.22. The zero-order chi connectivity index (χ0) is 34.2. The van der Waals surface area contributed by atoms with Crippen molar-refractivity contribution in [3.63, 3.8) is 0 Å². The number of benzene rings is 1. The summed E-state index contributed by atoms with van der Waals surface area (Å²) >= 11 is 0. The summed E-state index contributed by atoms with van der Waals surface area (Å²) in [7, 11) is -3.83. The number of hydrogen-bond acceptors (Lipinski definition) is 8. The monoisotopic (exact) mass is 656 g/mol. The summed E-state index contributed by atoms with van der Waals surface area (Å²) in [6, 6.07) is 5.62. The Bertz CT molecular complexity index is 1210. The van der Waals surface area contributed by atoms with Crippen LogP contribution in [-0.2, 0) is 45.2 Å². The average Bonchev–Trinajstić information content (AvgIpc) is 2.84. The normalized spacial score (nSPS) is 14.6. The van der Waals surface area contributed by atoms with E-state index in [2.05, 4.69) is 33.9 Å². The van der Waals surface area contributed by atoms with Crippen LogP contribution in [0.15, 0.2) is 18.2 Å². The minimum atomic E-state index is -3.35. The highest BCUT2D eigenvalue weighted by Crippen LogP contribution is 2.41. The fourth-order valence-electron chi connectivity index (χ4n) is 4.97. The Kier molecular flexibility index (Phi) is 14.2. The summed E-state index contributed by atoms with van der Waals surface area (Å²) < 4.78 is 49.2. The SMILES string of the molecule is CCOC(=O)CCc1cccc(C(C)(CCCC(C)(C)CS(=O)(=O)CCO[Si](C)(C)C(C)(C)C)C(=O)OC(C)(C)C)c1OC. The molecule has 0 aromatic heterocycles. The standard InChI is InChI=1S/C34H60O8SSi/c1-14-40-28(35)20-19-26-17-15-18-27(29(26)39-11)34(10,30(36)42-31(2,3)4)22-16-21-33(8,9)25-43(37,38)24-23-41-44(12,13)32(5,6)7/h15,17-18H,14,16,19-25H2,1-13H3. The van der Waals surface area contributed by atoms with Crippen molar-refractivity contribution < 1.29 is 36.6 Å². The Labute approximate surface area is 269 Å². The number of hydrogen-bond donors (Lipinski definition) is 0. The van der Waals surface area contributed by atoms with Crippen molar-refractivity contribution in [2.75, 3.05) is 31.8 Å². The van der Waals surface area contributed by atoms with Crippen LogP contribution in [0.2, 0.25) is 18.1 Å². The van der Waals surface area contributed by atoms with E-state index in [4.69, 9.17) is 18.6 Å². The lowest BCUT2D eigenvalue weighted by atomic mass is 9.75. The van der Waals surface area contributed by atoms with Gasteiger partial charge in [-0.1, -0.05) is 59.2 Å². The summed E-state index contributed by atoms with van der Waals surface area (Å²) in [5, 5.41) is 0.0138. The van der Waals surface area contributed by atoms with Crippen molar-refractivity contribution >= 4 is 30.1 Å². The third-order valence-corrected chi connectivity index (χ3v) is 15.0. The van der Waals surface area contributed by atoms with Crippen molar-refractivity contribution in [2.45, 2.75) is 130 Å². The van der Waals surface area contributed by atoms with E-state index in [1.165, 1.54) is 0 Å². The molecule has 0 fully saturated rings. The van der Waals surface area contributed by atoms with Gasteiger partial charge in [0.1, 0.15) is 11.4 Å². The Balaban J connectivity index is 3.17. The smallest absolute Gasteiger partial charge is 0.316 e. The molecular formula is C34H60O8SSi. The predicted molar refractivity (Wildman–Crippen MR) is 181 cm³/mol. The molecule has 0 spiro atoms. The highest BCUT2D eigenvalue weighted by atomic mass is 32.2. The Morgan fingerprint density at radius 3 is 2.07 bits per heavy atom. The number of esters is 2. The molecule has 1 aromatic rings. The molecule has 1 unspecified atom stereocenters. The van der Waals surface area contributed by atoms with E-state index in [1.807, 2.05) is 59.7 Å². The van der Waals surface area contributed by atoms with Crippen LogP contribution in [0, 0.1) is 5.41 Å². The molecule has 1 rings (SSSR count). The zero-order valence-corrected chi connectivity index (χ0v) is 31.6. The molecule has 1 atom stereocenters. The van der Waals surface area contributed by atoms with E-state index in [0.717, 1.165) is 5.56 Å². The van der Waals surface area contributed by atoms with Gasteiger partial charge in [-0.05, 0) is 83.0 Å². The van der Waals surface area contributed by atoms with Crippen LogP contribution in [0.3, 0.4) is 0 Å². The van der Waals surface area contributed by atoms with Crippen LogP contribution in [0.1, 0.15) is 106 Å². The van der Waals surface area contributed by atoms with Crippen LogP contribution < -0.4 is 4.74 Å². The van der Waals surface area contributed by atoms with Gasteiger partial charge in [0, 0.05) is 18.6 Å². The first kappa shape index (κ1) is 40.1. The molecule has 1 aromatic carbocycles. The van der Waals surface area contributed by atoms with Crippen molar-refractivity contribution in [1.82, 2.24) is 0 Å². The van der Waals surface area contributed by atoms with Gasteiger partial charge >= 0.3 is 11.9 Å². The summed E-state index contributed by atoms with van der Waals surface area (Å²) in [5.74, 6) is -0.0863. The number of methoxy groups -OCH3 is 1. The summed E-state index contributed by atoms with van der Waals surface area (Å²) in [6.45, 7) is 24.2. The summed E-state index contributed by atoms with van der Waals surface area (Å²) in [4.78, 5) is 25.9. The third-order valence-electron chi connectivity index (χ3n) is 8.45. The van der Waals surface area contributed by atoms with Gasteiger partial charge in [-0.3, -0.25) is 9.59 Å². The quantitative estimate of drug-likeness (QED) is 0.126. The summed E-state index contributed by atoms with van der Waals surface area (Å²) in [5.41, 5.74) is -0.781. The molecule has 0 aliphatic heterocycles. The third kappa shape index (κ3) is 12.5. The van der Waals surface area contributed by atoms with E-state index in [0.29, 0.717) is 43.6 Å². The molecule has 0 saturated carbocycles. The fourth-order valence-corrected chi connectivity index (χ4v) is 7.97. The van der Waals surface area contributed by atoms with Gasteiger partial charge in [0.25, 0.3) is 0 Å². The molecule has 0 N–H and O–H groups in total. The van der Waals surface area contributed by atoms with Gasteiger partial charge in [-0.15, -0.1) is 0 Å². The molecule has 44 heavy (non-hydrogen) atoms. The predicted octanol–water partition coefficient (Wildman–Crippen LogP) is 7.42. The number of sulfone groups is 1. The number of ether oxygens (including phenoxy) is 3. The second-order valence-corrected chi connectivity index (χ2v) is 22.3. The lowest BCUT2D eigenvalue weighted by Gasteiger charge is -2.36. The average molecular weight is 657 g/mol. The van der Waals surface area contributed by atoms with Crippen molar-refractivity contribution in [3.05, 3.63) is 29.3 Å². The van der Waals surface area contributed by atoms with Gasteiger partial charge in [0.05, 0.1) is 30.6 Å². The zero-order valence-electron chi connectivity index (χ0n) is 29.8. The van der Waals surface area contributed by atoms with Crippen LogP contribution in [-0.4, -0.2) is 66.1 Å². The first-order chi connectivity index (χ1) is 19.9. The second-order valence-electron chi connectivity index (χ2n) is 15.4. The second kappa shape index (κ2) is 15.6. The number of aryl methyl sites for hydroxylation is 1. The molecule has 0 aliphatic carbocycles. The van der Waals surface area contributed by atoms with E-state index < -0.39 is 34.6 Å². The molecule has 8 nitrogen and oxygen atoms in total. The van der Waals surface area contributed by atoms with E-state index in [9.17, 15) is 18.0 Å². The molecule has 0 saturated heterocycles. The van der Waals surface area contributed by atoms with E-state index >= 15 is 0 Å². The Hall–Kier alpha value is -1.91. The number of carbonyl (C=O) groups excluding carboxylic acids is 2. The molecule has 10 heteroatoms. The van der Waals surface area contributed by atoms with Gasteiger partial charge < -0.3 is 18.6 Å². The maximum atomic E-state index is 13.8. The van der Waals surface area contributed by atoms with Crippen molar-refractivity contribution in [3.8, 4) is 5.75 Å². The molecule has 0 radical (unpaired) electrons. The van der Waals surface area contributed by atoms with Crippen molar-refractivity contribution in [1.29, 1.82) is 0 Å². The number of carbonyl (C=O) groups is 2. The highest BCUT2D eigenvalue weighted by Gasteiger charge is 2.42. The lowest BCUT2D eigenvalue weighted by Crippen LogP contribution is -2.42. The fraction of sp³-hybridized carbons (Fsp3) is 0.765. The first-order valence-electron chi connectivity index (χ1n) is 15.8. The van der Waals surface area contributed by atoms with Gasteiger partial charge in [-0.25, -0.2) is 8.42 Å². The molecular weight excluding hydrogens is 597 g/mol. The van der Waals surface area contributed by atoms with Crippen LogP contribution in [0.5, 0.6) is 5.75 Å². The molecule has 0 amide bonds. The molecule has 0 bridgehead atoms. The van der Waals surface area contributed by atoms with Gasteiger partial charge in [-0.2, -0.15) is 0 Å². The minimum Gasteiger partial charge on any atom is -0.496 e. The highest BCUT2D eigenvalue weighted by molar-refractivity contribution is 7.91. The topological polar surface area (TPSA) is 105 Å². The van der Waals surface area contributed by atoms with E-state index in [1.54, 1.807) is 14.0 Å².